The molecule has 5 rings (SSSR count). The van der Waals surface area contributed by atoms with E-state index in [9.17, 15) is 4.79 Å². The van der Waals surface area contributed by atoms with Crippen molar-refractivity contribution in [2.45, 2.75) is 32.6 Å². The van der Waals surface area contributed by atoms with Crippen LogP contribution in [0.5, 0.6) is 17.2 Å². The lowest BCUT2D eigenvalue weighted by molar-refractivity contribution is -0.111. The number of amides is 1. The molecule has 200 valence electrons. The highest BCUT2D eigenvalue weighted by atomic mass is 16.5. The van der Waals surface area contributed by atoms with Gasteiger partial charge in [-0.3, -0.25) is 9.78 Å². The first kappa shape index (κ1) is 26.1. The van der Waals surface area contributed by atoms with Crippen LogP contribution in [0.2, 0.25) is 0 Å². The Labute approximate surface area is 228 Å². The molecule has 0 saturated carbocycles. The van der Waals surface area contributed by atoms with Gasteiger partial charge in [-0.05, 0) is 92.3 Å². The first-order valence-corrected chi connectivity index (χ1v) is 13.2. The Hall–Kier alpha value is -4.52. The van der Waals surface area contributed by atoms with E-state index in [1.54, 1.807) is 20.3 Å². The summed E-state index contributed by atoms with van der Waals surface area (Å²) in [5.74, 6) is 1.84. The van der Waals surface area contributed by atoms with Crippen LogP contribution < -0.4 is 24.8 Å². The van der Waals surface area contributed by atoms with Crippen LogP contribution in [0, 0.1) is 0 Å². The zero-order valence-electron chi connectivity index (χ0n) is 22.5. The van der Waals surface area contributed by atoms with E-state index < -0.39 is 0 Å². The van der Waals surface area contributed by atoms with E-state index >= 15 is 0 Å². The largest absolute Gasteiger partial charge is 0.495 e. The Morgan fingerprint density at radius 1 is 0.949 bits per heavy atom. The number of fused-ring (bicyclic) bond motifs is 2. The van der Waals surface area contributed by atoms with Crippen molar-refractivity contribution < 1.29 is 19.0 Å². The molecule has 3 aromatic carbocycles. The average Bonchev–Trinajstić information content (AvgIpc) is 2.97. The number of para-hydroxylation sites is 2. The molecular weight excluding hydrogens is 490 g/mol. The van der Waals surface area contributed by atoms with Crippen LogP contribution in [0.3, 0.4) is 0 Å². The van der Waals surface area contributed by atoms with E-state index in [1.807, 2.05) is 67.6 Å². The van der Waals surface area contributed by atoms with E-state index in [4.69, 9.17) is 19.2 Å². The van der Waals surface area contributed by atoms with Gasteiger partial charge in [0.15, 0.2) is 11.5 Å². The SMILES string of the molecule is CCOc1ccc(/C=C/C(=O)Nc2ccc3nc4c(c(Nc5ccccc5OC)c3c2)CCCC4)cc1OC. The van der Waals surface area contributed by atoms with Crippen LogP contribution in [0.1, 0.15) is 36.6 Å². The number of anilines is 3. The summed E-state index contributed by atoms with van der Waals surface area (Å²) < 4.78 is 16.6. The molecule has 39 heavy (non-hydrogen) atoms. The zero-order chi connectivity index (χ0) is 27.2. The molecule has 4 aromatic rings. The molecule has 0 atom stereocenters. The van der Waals surface area contributed by atoms with Gasteiger partial charge in [0.2, 0.25) is 5.91 Å². The van der Waals surface area contributed by atoms with Gasteiger partial charge in [0, 0.05) is 22.8 Å². The summed E-state index contributed by atoms with van der Waals surface area (Å²) in [5, 5.41) is 7.59. The van der Waals surface area contributed by atoms with E-state index in [0.29, 0.717) is 23.8 Å². The molecule has 0 aliphatic heterocycles. The van der Waals surface area contributed by atoms with Gasteiger partial charge < -0.3 is 24.8 Å². The number of benzene rings is 3. The third kappa shape index (κ3) is 5.82. The number of methoxy groups -OCH3 is 2. The minimum atomic E-state index is -0.229. The number of nitrogens with one attached hydrogen (secondary N) is 2. The Morgan fingerprint density at radius 3 is 2.59 bits per heavy atom. The Morgan fingerprint density at radius 2 is 1.77 bits per heavy atom. The lowest BCUT2D eigenvalue weighted by atomic mass is 9.92. The monoisotopic (exact) mass is 523 g/mol. The molecule has 7 heteroatoms. The average molecular weight is 524 g/mol. The lowest BCUT2D eigenvalue weighted by Crippen LogP contribution is -2.11. The zero-order valence-corrected chi connectivity index (χ0v) is 22.5. The molecule has 1 aliphatic carbocycles. The highest BCUT2D eigenvalue weighted by molar-refractivity contribution is 6.04. The second-order valence-electron chi connectivity index (χ2n) is 9.34. The van der Waals surface area contributed by atoms with Crippen molar-refractivity contribution >= 4 is 39.9 Å². The number of nitrogens with zero attached hydrogens (tertiary/aromatic N) is 1. The number of carbonyl (C=O) groups excluding carboxylic acids is 1. The summed E-state index contributed by atoms with van der Waals surface area (Å²) in [4.78, 5) is 17.8. The van der Waals surface area contributed by atoms with Gasteiger partial charge in [0.1, 0.15) is 5.75 Å². The van der Waals surface area contributed by atoms with Gasteiger partial charge in [-0.15, -0.1) is 0 Å². The van der Waals surface area contributed by atoms with Crippen molar-refractivity contribution in [2.24, 2.45) is 0 Å². The summed E-state index contributed by atoms with van der Waals surface area (Å²) in [6.07, 6.45) is 7.45. The third-order valence-corrected chi connectivity index (χ3v) is 6.81. The van der Waals surface area contributed by atoms with Gasteiger partial charge >= 0.3 is 0 Å². The molecule has 0 fully saturated rings. The molecule has 2 N–H and O–H groups in total. The minimum Gasteiger partial charge on any atom is -0.495 e. The van der Waals surface area contributed by atoms with Crippen molar-refractivity contribution in [1.29, 1.82) is 0 Å². The van der Waals surface area contributed by atoms with E-state index in [-0.39, 0.29) is 5.91 Å². The Balaban J connectivity index is 1.43. The van der Waals surface area contributed by atoms with Crippen LogP contribution in [0.4, 0.5) is 17.1 Å². The molecule has 1 aliphatic rings. The molecule has 1 aromatic heterocycles. The highest BCUT2D eigenvalue weighted by Crippen LogP contribution is 2.38. The standard InChI is InChI=1S/C32H33N3O4/c1-4-39-29-17-13-21(19-30(29)38-3)14-18-31(36)33-22-15-16-26-24(20-22)32(23-9-5-6-10-25(23)34-26)35-27-11-7-8-12-28(27)37-2/h7-8,11-20H,4-6,9-10H2,1-3H3,(H,33,36)(H,34,35)/b18-14+. The van der Waals surface area contributed by atoms with Gasteiger partial charge in [-0.2, -0.15) is 0 Å². The van der Waals surface area contributed by atoms with Gasteiger partial charge in [-0.25, -0.2) is 0 Å². The molecule has 0 spiro atoms. The lowest BCUT2D eigenvalue weighted by Gasteiger charge is -2.22. The summed E-state index contributed by atoms with van der Waals surface area (Å²) in [6, 6.07) is 19.3. The summed E-state index contributed by atoms with van der Waals surface area (Å²) in [6.45, 7) is 2.47. The smallest absolute Gasteiger partial charge is 0.248 e. The summed E-state index contributed by atoms with van der Waals surface area (Å²) >= 11 is 0. The molecular formula is C32H33N3O4. The third-order valence-electron chi connectivity index (χ3n) is 6.81. The second-order valence-corrected chi connectivity index (χ2v) is 9.34. The Kier molecular flexibility index (Phi) is 7.96. The maximum atomic E-state index is 12.8. The molecule has 0 unspecified atom stereocenters. The molecule has 1 heterocycles. The maximum absolute atomic E-state index is 12.8. The topological polar surface area (TPSA) is 81.7 Å². The summed E-state index contributed by atoms with van der Waals surface area (Å²) in [5.41, 5.74) is 6.70. The van der Waals surface area contributed by atoms with Gasteiger partial charge in [0.25, 0.3) is 0 Å². The van der Waals surface area contributed by atoms with Gasteiger partial charge in [0.05, 0.1) is 37.7 Å². The number of aryl methyl sites for hydroxylation is 1. The van der Waals surface area contributed by atoms with E-state index in [2.05, 4.69) is 10.6 Å². The van der Waals surface area contributed by atoms with Crippen LogP contribution in [-0.2, 0) is 17.6 Å². The molecule has 0 radical (unpaired) electrons. The number of pyridine rings is 1. The molecule has 0 bridgehead atoms. The van der Waals surface area contributed by atoms with Gasteiger partial charge in [-0.1, -0.05) is 18.2 Å². The predicted molar refractivity (Wildman–Crippen MR) is 156 cm³/mol. The number of hydrogen-bond donors (Lipinski definition) is 2. The number of ether oxygens (including phenoxy) is 3. The van der Waals surface area contributed by atoms with Crippen LogP contribution in [0.25, 0.3) is 17.0 Å². The normalized spacial score (nSPS) is 12.7. The van der Waals surface area contributed by atoms with Crippen molar-refractivity contribution in [3.63, 3.8) is 0 Å². The first-order valence-electron chi connectivity index (χ1n) is 13.2. The fraction of sp³-hybridized carbons (Fsp3) is 0.250. The van der Waals surface area contributed by atoms with Crippen molar-refractivity contribution in [1.82, 2.24) is 4.98 Å². The number of hydrogen-bond acceptors (Lipinski definition) is 6. The van der Waals surface area contributed by atoms with Crippen LogP contribution >= 0.6 is 0 Å². The molecule has 1 amide bonds. The predicted octanol–water partition coefficient (Wildman–Crippen LogP) is 6.93. The van der Waals surface area contributed by atoms with E-state index in [1.165, 1.54) is 11.6 Å². The number of aromatic nitrogens is 1. The number of carbonyl (C=O) groups is 1. The summed E-state index contributed by atoms with van der Waals surface area (Å²) in [7, 11) is 3.27. The fourth-order valence-electron chi connectivity index (χ4n) is 4.95. The minimum absolute atomic E-state index is 0.229. The maximum Gasteiger partial charge on any atom is 0.248 e. The molecule has 0 saturated heterocycles. The van der Waals surface area contributed by atoms with Crippen LogP contribution in [0.15, 0.2) is 66.7 Å². The van der Waals surface area contributed by atoms with Crippen molar-refractivity contribution in [2.75, 3.05) is 31.5 Å². The van der Waals surface area contributed by atoms with Crippen LogP contribution in [-0.4, -0.2) is 31.7 Å². The van der Waals surface area contributed by atoms with E-state index in [0.717, 1.165) is 65.0 Å². The molecule has 7 nitrogen and oxygen atoms in total. The quantitative estimate of drug-likeness (QED) is 0.232. The number of rotatable bonds is 9. The fourth-order valence-corrected chi connectivity index (χ4v) is 4.95. The first-order chi connectivity index (χ1) is 19.1. The second kappa shape index (κ2) is 11.9. The van der Waals surface area contributed by atoms with Crippen molar-refractivity contribution in [3.8, 4) is 17.2 Å². The van der Waals surface area contributed by atoms with Crippen molar-refractivity contribution in [3.05, 3.63) is 83.6 Å². The highest BCUT2D eigenvalue weighted by Gasteiger charge is 2.20. The Bertz CT molecular complexity index is 1530.